The van der Waals surface area contributed by atoms with Gasteiger partial charge in [-0.15, -0.1) is 11.3 Å². The zero-order valence-corrected chi connectivity index (χ0v) is 13.6. The minimum Gasteiger partial charge on any atom is -0.484 e. The van der Waals surface area contributed by atoms with E-state index < -0.39 is 0 Å². The minimum atomic E-state index is -0.0496. The van der Waals surface area contributed by atoms with Crippen LogP contribution >= 0.6 is 11.3 Å². The van der Waals surface area contributed by atoms with Crippen LogP contribution in [-0.2, 0) is 11.3 Å². The van der Waals surface area contributed by atoms with Gasteiger partial charge in [0.15, 0.2) is 6.61 Å². The van der Waals surface area contributed by atoms with Gasteiger partial charge >= 0.3 is 0 Å². The second-order valence-electron chi connectivity index (χ2n) is 5.09. The molecule has 0 spiro atoms. The molecule has 118 valence electrons. The topological polar surface area (TPSA) is 47.4 Å². The van der Waals surface area contributed by atoms with Crippen molar-refractivity contribution in [3.63, 3.8) is 0 Å². The lowest BCUT2D eigenvalue weighted by molar-refractivity contribution is -0.132. The van der Waals surface area contributed by atoms with Gasteiger partial charge in [-0.1, -0.05) is 12.1 Å². The predicted octanol–water partition coefficient (Wildman–Crippen LogP) is 2.97. The Balaban J connectivity index is 1.57. The average molecular weight is 327 g/mol. The summed E-state index contributed by atoms with van der Waals surface area (Å²) in [6.07, 6.45) is 5.30. The van der Waals surface area contributed by atoms with Crippen molar-refractivity contribution in [3.8, 4) is 11.4 Å². The van der Waals surface area contributed by atoms with Crippen LogP contribution in [0.5, 0.6) is 5.75 Å². The number of nitrogens with zero attached hydrogens (tertiary/aromatic N) is 3. The summed E-state index contributed by atoms with van der Waals surface area (Å²) in [5, 5.41) is 2.01. The molecule has 0 saturated heterocycles. The molecule has 3 aromatic rings. The average Bonchev–Trinajstić information content (AvgIpc) is 3.26. The van der Waals surface area contributed by atoms with Gasteiger partial charge in [-0.05, 0) is 23.6 Å². The van der Waals surface area contributed by atoms with Gasteiger partial charge in [0.1, 0.15) is 5.75 Å². The van der Waals surface area contributed by atoms with Crippen LogP contribution in [0, 0.1) is 0 Å². The van der Waals surface area contributed by atoms with Crippen molar-refractivity contribution in [2.45, 2.75) is 6.54 Å². The summed E-state index contributed by atoms with van der Waals surface area (Å²) < 4.78 is 7.51. The van der Waals surface area contributed by atoms with Gasteiger partial charge < -0.3 is 14.2 Å². The van der Waals surface area contributed by atoms with Crippen molar-refractivity contribution >= 4 is 17.2 Å². The smallest absolute Gasteiger partial charge is 0.260 e. The van der Waals surface area contributed by atoms with Crippen molar-refractivity contribution in [3.05, 3.63) is 65.4 Å². The number of ether oxygens (including phenoxy) is 1. The van der Waals surface area contributed by atoms with E-state index in [1.807, 2.05) is 52.5 Å². The van der Waals surface area contributed by atoms with Crippen molar-refractivity contribution in [2.24, 2.45) is 0 Å². The number of hydrogen-bond acceptors (Lipinski definition) is 4. The standard InChI is InChI=1S/C17H17N3O2S/c1-19(11-16-6-3-9-23-16)17(21)12-22-15-5-2-4-14(10-15)20-8-7-18-13-20/h2-10,13H,11-12H2,1H3. The monoisotopic (exact) mass is 327 g/mol. The number of imidazole rings is 1. The molecule has 2 aromatic heterocycles. The first-order chi connectivity index (χ1) is 11.2. The number of carbonyl (C=O) groups is 1. The number of likely N-dealkylation sites (N-methyl/N-ethyl adjacent to an activating group) is 1. The number of carbonyl (C=O) groups excluding carboxylic acids is 1. The Labute approximate surface area is 138 Å². The van der Waals surface area contributed by atoms with Gasteiger partial charge in [0.25, 0.3) is 5.91 Å². The Morgan fingerprint density at radius 2 is 2.26 bits per heavy atom. The maximum atomic E-state index is 12.1. The third-order valence-corrected chi connectivity index (χ3v) is 4.24. The van der Waals surface area contributed by atoms with Crippen LogP contribution in [0.2, 0.25) is 0 Å². The van der Waals surface area contributed by atoms with Crippen LogP contribution < -0.4 is 4.74 Å². The van der Waals surface area contributed by atoms with Gasteiger partial charge in [0.2, 0.25) is 0 Å². The van der Waals surface area contributed by atoms with E-state index >= 15 is 0 Å². The van der Waals surface area contributed by atoms with Gasteiger partial charge in [0, 0.05) is 30.4 Å². The Morgan fingerprint density at radius 3 is 3.00 bits per heavy atom. The highest BCUT2D eigenvalue weighted by atomic mass is 32.1. The molecule has 6 heteroatoms. The molecule has 3 rings (SSSR count). The van der Waals surface area contributed by atoms with Crippen molar-refractivity contribution in [1.82, 2.24) is 14.5 Å². The molecular formula is C17H17N3O2S. The summed E-state index contributed by atoms with van der Waals surface area (Å²) in [5.41, 5.74) is 0.944. The van der Waals surface area contributed by atoms with E-state index in [-0.39, 0.29) is 12.5 Å². The third-order valence-electron chi connectivity index (χ3n) is 3.38. The van der Waals surface area contributed by atoms with Crippen molar-refractivity contribution < 1.29 is 9.53 Å². The SMILES string of the molecule is CN(Cc1cccs1)C(=O)COc1cccc(-n2ccnc2)c1. The number of thiophene rings is 1. The van der Waals surface area contributed by atoms with Crippen molar-refractivity contribution in [1.29, 1.82) is 0 Å². The summed E-state index contributed by atoms with van der Waals surface area (Å²) >= 11 is 1.64. The van der Waals surface area contributed by atoms with E-state index in [0.29, 0.717) is 12.3 Å². The fourth-order valence-electron chi connectivity index (χ4n) is 2.13. The Morgan fingerprint density at radius 1 is 1.35 bits per heavy atom. The largest absolute Gasteiger partial charge is 0.484 e. The van der Waals surface area contributed by atoms with E-state index in [0.717, 1.165) is 10.6 Å². The van der Waals surface area contributed by atoms with E-state index in [4.69, 9.17) is 4.74 Å². The third kappa shape index (κ3) is 3.98. The quantitative estimate of drug-likeness (QED) is 0.699. The molecule has 1 aromatic carbocycles. The Bertz CT molecular complexity index is 754. The normalized spacial score (nSPS) is 10.5. The molecule has 0 aliphatic heterocycles. The molecule has 1 amide bonds. The van der Waals surface area contributed by atoms with Crippen LogP contribution in [0.4, 0.5) is 0 Å². The lowest BCUT2D eigenvalue weighted by Gasteiger charge is -2.16. The molecule has 0 bridgehead atoms. The zero-order chi connectivity index (χ0) is 16.1. The maximum absolute atomic E-state index is 12.1. The molecule has 0 unspecified atom stereocenters. The van der Waals surface area contributed by atoms with E-state index in [2.05, 4.69) is 4.98 Å². The first-order valence-electron chi connectivity index (χ1n) is 7.20. The zero-order valence-electron chi connectivity index (χ0n) is 12.8. The molecule has 0 saturated carbocycles. The summed E-state index contributed by atoms with van der Waals surface area (Å²) in [6.45, 7) is 0.629. The van der Waals surface area contributed by atoms with Crippen LogP contribution in [0.25, 0.3) is 5.69 Å². The van der Waals surface area contributed by atoms with Gasteiger partial charge in [-0.3, -0.25) is 4.79 Å². The van der Waals surface area contributed by atoms with Crippen LogP contribution in [0.3, 0.4) is 0 Å². The highest BCUT2D eigenvalue weighted by molar-refractivity contribution is 7.09. The molecule has 2 heterocycles. The Hall–Kier alpha value is -2.60. The fraction of sp³-hybridized carbons (Fsp3) is 0.176. The summed E-state index contributed by atoms with van der Waals surface area (Å²) in [6, 6.07) is 11.6. The molecule has 5 nitrogen and oxygen atoms in total. The first-order valence-corrected chi connectivity index (χ1v) is 8.08. The first kappa shape index (κ1) is 15.3. The number of hydrogen-bond donors (Lipinski definition) is 0. The van der Waals surface area contributed by atoms with E-state index in [1.54, 1.807) is 35.8 Å². The van der Waals surface area contributed by atoms with E-state index in [9.17, 15) is 4.79 Å². The summed E-state index contributed by atoms with van der Waals surface area (Å²) in [5.74, 6) is 0.612. The number of rotatable bonds is 6. The highest BCUT2D eigenvalue weighted by Gasteiger charge is 2.11. The highest BCUT2D eigenvalue weighted by Crippen LogP contribution is 2.17. The lowest BCUT2D eigenvalue weighted by Crippen LogP contribution is -2.30. The molecule has 0 fully saturated rings. The summed E-state index contributed by atoms with van der Waals surface area (Å²) in [4.78, 5) is 19.0. The predicted molar refractivity (Wildman–Crippen MR) is 89.9 cm³/mol. The minimum absolute atomic E-state index is 0.0231. The van der Waals surface area contributed by atoms with Gasteiger partial charge in [-0.25, -0.2) is 4.98 Å². The number of amides is 1. The molecule has 0 atom stereocenters. The molecule has 0 N–H and O–H groups in total. The van der Waals surface area contributed by atoms with Gasteiger partial charge in [0.05, 0.1) is 18.6 Å². The second-order valence-corrected chi connectivity index (χ2v) is 6.12. The van der Waals surface area contributed by atoms with Crippen LogP contribution in [0.15, 0.2) is 60.5 Å². The van der Waals surface area contributed by atoms with Crippen LogP contribution in [-0.4, -0.2) is 34.0 Å². The molecule has 23 heavy (non-hydrogen) atoms. The van der Waals surface area contributed by atoms with Crippen LogP contribution in [0.1, 0.15) is 4.88 Å². The number of aromatic nitrogens is 2. The lowest BCUT2D eigenvalue weighted by atomic mass is 10.3. The second kappa shape index (κ2) is 7.11. The fourth-order valence-corrected chi connectivity index (χ4v) is 2.88. The van der Waals surface area contributed by atoms with E-state index in [1.165, 1.54) is 0 Å². The molecule has 0 radical (unpaired) electrons. The Kier molecular flexibility index (Phi) is 4.73. The maximum Gasteiger partial charge on any atom is 0.260 e. The van der Waals surface area contributed by atoms with Crippen molar-refractivity contribution in [2.75, 3.05) is 13.7 Å². The molecule has 0 aliphatic carbocycles. The van der Waals surface area contributed by atoms with Gasteiger partial charge in [-0.2, -0.15) is 0 Å². The summed E-state index contributed by atoms with van der Waals surface area (Å²) in [7, 11) is 1.79. The molecular weight excluding hydrogens is 310 g/mol. The number of benzene rings is 1. The molecule has 0 aliphatic rings.